The van der Waals surface area contributed by atoms with Gasteiger partial charge in [-0.2, -0.15) is 0 Å². The van der Waals surface area contributed by atoms with E-state index in [-0.39, 0.29) is 5.91 Å². The van der Waals surface area contributed by atoms with Gasteiger partial charge in [0.05, 0.1) is 0 Å². The topological polar surface area (TPSA) is 72.2 Å². The molecule has 0 aliphatic carbocycles. The van der Waals surface area contributed by atoms with Crippen LogP contribution in [-0.4, -0.2) is 17.9 Å². The second-order valence-corrected chi connectivity index (χ2v) is 5.88. The Morgan fingerprint density at radius 3 is 2.45 bits per heavy atom. The lowest BCUT2D eigenvalue weighted by molar-refractivity contribution is -0.120. The van der Waals surface area contributed by atoms with Crippen LogP contribution in [0.3, 0.4) is 0 Å². The van der Waals surface area contributed by atoms with Gasteiger partial charge in [-0.15, -0.1) is 0 Å². The van der Waals surface area contributed by atoms with E-state index in [9.17, 15) is 9.59 Å². The molecule has 2 amide bonds. The minimum absolute atomic E-state index is 0.307. The third kappa shape index (κ3) is 4.70. The molecule has 0 unspecified atom stereocenters. The van der Waals surface area contributed by atoms with E-state index in [2.05, 4.69) is 21.2 Å². The number of halogens is 1. The Hall–Kier alpha value is -2.14. The van der Waals surface area contributed by atoms with Crippen molar-refractivity contribution >= 4 is 27.7 Å². The average molecular weight is 361 g/mol. The summed E-state index contributed by atoms with van der Waals surface area (Å²) in [4.78, 5) is 23.7. The summed E-state index contributed by atoms with van der Waals surface area (Å²) < 4.78 is 0.806. The lowest BCUT2D eigenvalue weighted by Gasteiger charge is -2.15. The zero-order valence-corrected chi connectivity index (χ0v) is 13.5. The number of rotatable bonds is 6. The van der Waals surface area contributed by atoms with Gasteiger partial charge in [0.1, 0.15) is 6.04 Å². The molecule has 0 saturated heterocycles. The zero-order valence-electron chi connectivity index (χ0n) is 12.0. The van der Waals surface area contributed by atoms with E-state index in [4.69, 9.17) is 5.73 Å². The van der Waals surface area contributed by atoms with E-state index in [1.165, 1.54) is 0 Å². The second kappa shape index (κ2) is 7.75. The molecule has 0 saturated carbocycles. The third-order valence-electron chi connectivity index (χ3n) is 3.30. The van der Waals surface area contributed by atoms with Crippen molar-refractivity contribution in [3.8, 4) is 0 Å². The van der Waals surface area contributed by atoms with Crippen molar-refractivity contribution in [2.24, 2.45) is 5.73 Å². The van der Waals surface area contributed by atoms with E-state index in [0.29, 0.717) is 18.4 Å². The Balaban J connectivity index is 1.99. The van der Waals surface area contributed by atoms with Crippen molar-refractivity contribution in [3.63, 3.8) is 0 Å². The summed E-state index contributed by atoms with van der Waals surface area (Å²) in [6, 6.07) is 16.1. The Bertz CT molecular complexity index is 659. The Morgan fingerprint density at radius 1 is 1.09 bits per heavy atom. The number of hydrogen-bond acceptors (Lipinski definition) is 2. The molecule has 0 aliphatic rings. The fraction of sp³-hybridized carbons (Fsp3) is 0.176. The lowest BCUT2D eigenvalue weighted by atomic mass is 10.0. The molecule has 0 fully saturated rings. The summed E-state index contributed by atoms with van der Waals surface area (Å²) in [6.07, 6.45) is 1.15. The van der Waals surface area contributed by atoms with E-state index in [1.807, 2.05) is 36.4 Å². The van der Waals surface area contributed by atoms with Crippen LogP contribution in [0.2, 0.25) is 0 Å². The summed E-state index contributed by atoms with van der Waals surface area (Å²) in [7, 11) is 0. The minimum Gasteiger partial charge on any atom is -0.368 e. The van der Waals surface area contributed by atoms with Crippen LogP contribution >= 0.6 is 15.9 Å². The summed E-state index contributed by atoms with van der Waals surface area (Å²) in [6.45, 7) is 0. The highest BCUT2D eigenvalue weighted by Crippen LogP contribution is 2.12. The van der Waals surface area contributed by atoms with Gasteiger partial charge >= 0.3 is 0 Å². The van der Waals surface area contributed by atoms with Crippen LogP contribution in [0.25, 0.3) is 0 Å². The molecule has 22 heavy (non-hydrogen) atoms. The van der Waals surface area contributed by atoms with Crippen LogP contribution in [0.5, 0.6) is 0 Å². The number of carbonyl (C=O) groups excluding carboxylic acids is 2. The number of benzene rings is 2. The normalized spacial score (nSPS) is 11.7. The number of amides is 2. The van der Waals surface area contributed by atoms with Crippen LogP contribution in [0, 0.1) is 0 Å². The van der Waals surface area contributed by atoms with Gasteiger partial charge in [-0.1, -0.05) is 52.3 Å². The first-order valence-electron chi connectivity index (χ1n) is 6.96. The van der Waals surface area contributed by atoms with Gasteiger partial charge in [0.25, 0.3) is 5.91 Å². The molecule has 3 N–H and O–H groups in total. The highest BCUT2D eigenvalue weighted by Gasteiger charge is 2.18. The summed E-state index contributed by atoms with van der Waals surface area (Å²) in [5.41, 5.74) is 6.98. The van der Waals surface area contributed by atoms with Crippen LogP contribution in [0.15, 0.2) is 59.1 Å². The molecule has 0 heterocycles. The van der Waals surface area contributed by atoms with Crippen LogP contribution in [-0.2, 0) is 11.2 Å². The van der Waals surface area contributed by atoms with Gasteiger partial charge in [0.2, 0.25) is 5.91 Å². The van der Waals surface area contributed by atoms with Crippen LogP contribution in [0.4, 0.5) is 0 Å². The Kier molecular flexibility index (Phi) is 5.72. The maximum Gasteiger partial charge on any atom is 0.251 e. The molecule has 4 nitrogen and oxygen atoms in total. The van der Waals surface area contributed by atoms with Gasteiger partial charge in [-0.05, 0) is 36.6 Å². The molecule has 114 valence electrons. The number of hydrogen-bond donors (Lipinski definition) is 2. The highest BCUT2D eigenvalue weighted by atomic mass is 79.9. The van der Waals surface area contributed by atoms with Crippen molar-refractivity contribution in [2.45, 2.75) is 18.9 Å². The van der Waals surface area contributed by atoms with Gasteiger partial charge in [0, 0.05) is 10.0 Å². The average Bonchev–Trinajstić information content (AvgIpc) is 2.52. The molecule has 1 atom stereocenters. The maximum atomic E-state index is 12.2. The van der Waals surface area contributed by atoms with Crippen molar-refractivity contribution in [1.29, 1.82) is 0 Å². The Morgan fingerprint density at radius 2 is 1.82 bits per heavy atom. The molecular weight excluding hydrogens is 344 g/mol. The minimum atomic E-state index is -0.688. The van der Waals surface area contributed by atoms with Gasteiger partial charge < -0.3 is 11.1 Å². The summed E-state index contributed by atoms with van der Waals surface area (Å²) in [5.74, 6) is -0.836. The smallest absolute Gasteiger partial charge is 0.251 e. The fourth-order valence-corrected chi connectivity index (χ4v) is 2.51. The number of aryl methyl sites for hydroxylation is 1. The van der Waals surface area contributed by atoms with E-state index < -0.39 is 11.9 Å². The molecule has 0 bridgehead atoms. The van der Waals surface area contributed by atoms with Crippen molar-refractivity contribution in [3.05, 3.63) is 70.2 Å². The molecular formula is C17H17BrN2O2. The molecule has 5 heteroatoms. The van der Waals surface area contributed by atoms with Gasteiger partial charge in [-0.3, -0.25) is 9.59 Å². The molecule has 0 aliphatic heterocycles. The van der Waals surface area contributed by atoms with Crippen molar-refractivity contribution in [1.82, 2.24) is 5.32 Å². The number of carbonyl (C=O) groups is 2. The van der Waals surface area contributed by atoms with Crippen LogP contribution < -0.4 is 11.1 Å². The largest absolute Gasteiger partial charge is 0.368 e. The summed E-state index contributed by atoms with van der Waals surface area (Å²) >= 11 is 3.32. The predicted molar refractivity (Wildman–Crippen MR) is 89.4 cm³/mol. The molecule has 2 rings (SSSR count). The van der Waals surface area contributed by atoms with Crippen LogP contribution in [0.1, 0.15) is 22.3 Å². The fourth-order valence-electron chi connectivity index (χ4n) is 2.11. The number of primary amides is 1. The monoisotopic (exact) mass is 360 g/mol. The first kappa shape index (κ1) is 16.2. The molecule has 0 spiro atoms. The highest BCUT2D eigenvalue weighted by molar-refractivity contribution is 9.10. The first-order valence-corrected chi connectivity index (χ1v) is 7.75. The van der Waals surface area contributed by atoms with E-state index in [0.717, 1.165) is 10.0 Å². The second-order valence-electron chi connectivity index (χ2n) is 4.96. The lowest BCUT2D eigenvalue weighted by Crippen LogP contribution is -2.44. The SMILES string of the molecule is NC(=O)[C@@H](CCc1ccccc1)NC(=O)c1cccc(Br)c1. The quantitative estimate of drug-likeness (QED) is 0.830. The van der Waals surface area contributed by atoms with Gasteiger partial charge in [0.15, 0.2) is 0 Å². The standard InChI is InChI=1S/C17H17BrN2O2/c18-14-8-4-7-13(11-14)17(22)20-15(16(19)21)10-9-12-5-2-1-3-6-12/h1-8,11,15H,9-10H2,(H2,19,21)(H,20,22)/t15-/m1/s1. The zero-order chi connectivity index (χ0) is 15.9. The van der Waals surface area contributed by atoms with E-state index >= 15 is 0 Å². The maximum absolute atomic E-state index is 12.2. The molecule has 0 aromatic heterocycles. The summed E-state index contributed by atoms with van der Waals surface area (Å²) in [5, 5.41) is 2.70. The molecule has 2 aromatic rings. The molecule has 2 aromatic carbocycles. The van der Waals surface area contributed by atoms with E-state index in [1.54, 1.807) is 18.2 Å². The van der Waals surface area contributed by atoms with Crippen molar-refractivity contribution < 1.29 is 9.59 Å². The predicted octanol–water partition coefficient (Wildman–Crippen LogP) is 2.67. The first-order chi connectivity index (χ1) is 10.6. The number of nitrogens with two attached hydrogens (primary N) is 1. The van der Waals surface area contributed by atoms with Gasteiger partial charge in [-0.25, -0.2) is 0 Å². The Labute approximate surface area is 137 Å². The third-order valence-corrected chi connectivity index (χ3v) is 3.79. The van der Waals surface area contributed by atoms with Crippen molar-refractivity contribution in [2.75, 3.05) is 0 Å². The number of nitrogens with one attached hydrogen (secondary N) is 1. The molecule has 0 radical (unpaired) electrons.